The molecule has 7 nitrogen and oxygen atoms in total. The second kappa shape index (κ2) is 7.40. The van der Waals surface area contributed by atoms with Crippen LogP contribution < -0.4 is 9.47 Å². The quantitative estimate of drug-likeness (QED) is 0.492. The van der Waals surface area contributed by atoms with Crippen molar-refractivity contribution in [1.29, 1.82) is 0 Å². The molecular formula is C14H17N3O4. The number of hydrogen-bond acceptors (Lipinski definition) is 4. The highest BCUT2D eigenvalue weighted by molar-refractivity contribution is 5.66. The predicted octanol–water partition coefficient (Wildman–Crippen LogP) is 3.45. The van der Waals surface area contributed by atoms with E-state index < -0.39 is 12.0 Å². The maximum Gasteiger partial charge on any atom is 0.303 e. The van der Waals surface area contributed by atoms with Crippen molar-refractivity contribution in [2.75, 3.05) is 13.2 Å². The molecule has 7 heteroatoms. The molecule has 1 N–H and O–H groups in total. The molecule has 0 spiro atoms. The van der Waals surface area contributed by atoms with Gasteiger partial charge in [0, 0.05) is 17.8 Å². The topological polar surface area (TPSA) is 105 Å². The van der Waals surface area contributed by atoms with Crippen LogP contribution in [0.2, 0.25) is 0 Å². The molecule has 21 heavy (non-hydrogen) atoms. The zero-order valence-corrected chi connectivity index (χ0v) is 11.6. The van der Waals surface area contributed by atoms with E-state index >= 15 is 0 Å². The van der Waals surface area contributed by atoms with Gasteiger partial charge in [-0.2, -0.15) is 0 Å². The van der Waals surface area contributed by atoms with Crippen molar-refractivity contribution in [2.24, 2.45) is 5.11 Å². The van der Waals surface area contributed by atoms with Crippen LogP contribution in [0.5, 0.6) is 11.5 Å². The number of fused-ring (bicyclic) bond motifs is 1. The third-order valence-electron chi connectivity index (χ3n) is 3.22. The van der Waals surface area contributed by atoms with Gasteiger partial charge >= 0.3 is 5.97 Å². The minimum atomic E-state index is -0.853. The number of benzene rings is 1. The molecular weight excluding hydrogens is 274 g/mol. The lowest BCUT2D eigenvalue weighted by molar-refractivity contribution is -0.137. The van der Waals surface area contributed by atoms with E-state index in [2.05, 4.69) is 10.0 Å². The van der Waals surface area contributed by atoms with Crippen molar-refractivity contribution in [3.05, 3.63) is 34.2 Å². The molecule has 1 aliphatic rings. The van der Waals surface area contributed by atoms with Crippen LogP contribution in [0.25, 0.3) is 10.4 Å². The number of aliphatic carboxylic acids is 1. The summed E-state index contributed by atoms with van der Waals surface area (Å²) in [6.45, 7) is 1.20. The summed E-state index contributed by atoms with van der Waals surface area (Å²) in [6, 6.07) is 5.04. The Bertz CT molecular complexity index is 555. The molecule has 0 fully saturated rings. The van der Waals surface area contributed by atoms with Crippen molar-refractivity contribution >= 4 is 5.97 Å². The second-order valence-corrected chi connectivity index (χ2v) is 4.76. The van der Waals surface area contributed by atoms with Gasteiger partial charge in [-0.05, 0) is 36.1 Å². The Morgan fingerprint density at radius 1 is 1.38 bits per heavy atom. The van der Waals surface area contributed by atoms with Gasteiger partial charge in [0.1, 0.15) is 0 Å². The minimum absolute atomic E-state index is 0.0575. The van der Waals surface area contributed by atoms with E-state index in [1.165, 1.54) is 0 Å². The Morgan fingerprint density at radius 2 is 2.14 bits per heavy atom. The van der Waals surface area contributed by atoms with Crippen LogP contribution in [0.1, 0.15) is 37.3 Å². The van der Waals surface area contributed by atoms with Crippen LogP contribution in [0.3, 0.4) is 0 Å². The molecule has 0 radical (unpaired) electrons. The summed E-state index contributed by atoms with van der Waals surface area (Å²) < 4.78 is 11.2. The summed E-state index contributed by atoms with van der Waals surface area (Å²) in [7, 11) is 0. The minimum Gasteiger partial charge on any atom is -0.490 e. The van der Waals surface area contributed by atoms with Crippen LogP contribution in [0, 0.1) is 0 Å². The number of ether oxygens (including phenoxy) is 2. The van der Waals surface area contributed by atoms with Crippen molar-refractivity contribution in [2.45, 2.75) is 31.7 Å². The number of carboxylic acid groups (broad SMARTS) is 1. The number of carboxylic acids is 1. The van der Waals surface area contributed by atoms with Gasteiger partial charge in [0.05, 0.1) is 19.3 Å². The molecule has 1 aliphatic heterocycles. The number of nitrogens with zero attached hydrogens (tertiary/aromatic N) is 3. The summed E-state index contributed by atoms with van der Waals surface area (Å²) in [5.41, 5.74) is 9.48. The van der Waals surface area contributed by atoms with Crippen LogP contribution in [0.15, 0.2) is 23.3 Å². The highest BCUT2D eigenvalue weighted by Crippen LogP contribution is 2.34. The Labute approximate surface area is 122 Å². The van der Waals surface area contributed by atoms with Gasteiger partial charge in [0.2, 0.25) is 0 Å². The lowest BCUT2D eigenvalue weighted by atomic mass is 10.0. The van der Waals surface area contributed by atoms with Gasteiger partial charge in [-0.15, -0.1) is 0 Å². The SMILES string of the molecule is [N-]=[N+]=NC(CCCC(=O)O)c1ccc2c(c1)OCCCO2. The Balaban J connectivity index is 2.14. The third kappa shape index (κ3) is 4.29. The number of rotatable bonds is 6. The fourth-order valence-electron chi connectivity index (χ4n) is 2.19. The predicted molar refractivity (Wildman–Crippen MR) is 75.4 cm³/mol. The zero-order chi connectivity index (χ0) is 15.1. The maximum atomic E-state index is 10.6. The smallest absolute Gasteiger partial charge is 0.303 e. The molecule has 1 unspecified atom stereocenters. The largest absolute Gasteiger partial charge is 0.490 e. The lowest BCUT2D eigenvalue weighted by Gasteiger charge is -2.14. The molecule has 1 aromatic carbocycles. The first-order chi connectivity index (χ1) is 10.2. The molecule has 0 amide bonds. The van der Waals surface area contributed by atoms with Crippen LogP contribution >= 0.6 is 0 Å². The van der Waals surface area contributed by atoms with Crippen LogP contribution in [-0.4, -0.2) is 24.3 Å². The van der Waals surface area contributed by atoms with E-state index in [1.807, 2.05) is 6.07 Å². The van der Waals surface area contributed by atoms with Crippen molar-refractivity contribution in [3.8, 4) is 11.5 Å². The molecule has 112 valence electrons. The van der Waals surface area contributed by atoms with Gasteiger partial charge in [-0.25, -0.2) is 0 Å². The summed E-state index contributed by atoms with van der Waals surface area (Å²) >= 11 is 0. The number of hydrogen-bond donors (Lipinski definition) is 1. The zero-order valence-electron chi connectivity index (χ0n) is 11.6. The first-order valence-electron chi connectivity index (χ1n) is 6.86. The van der Waals surface area contributed by atoms with Crippen LogP contribution in [-0.2, 0) is 4.79 Å². The molecule has 1 atom stereocenters. The molecule has 0 saturated carbocycles. The summed E-state index contributed by atoms with van der Waals surface area (Å²) in [4.78, 5) is 13.4. The lowest BCUT2D eigenvalue weighted by Crippen LogP contribution is -2.00. The average molecular weight is 291 g/mol. The molecule has 0 bridgehead atoms. The van der Waals surface area contributed by atoms with Gasteiger partial charge in [-0.3, -0.25) is 4.79 Å². The second-order valence-electron chi connectivity index (χ2n) is 4.76. The van der Waals surface area contributed by atoms with Gasteiger partial charge in [-0.1, -0.05) is 11.2 Å². The average Bonchev–Trinajstić information content (AvgIpc) is 2.70. The van der Waals surface area contributed by atoms with Crippen molar-refractivity contribution < 1.29 is 19.4 Å². The van der Waals surface area contributed by atoms with E-state index in [0.29, 0.717) is 37.6 Å². The monoisotopic (exact) mass is 291 g/mol. The number of azide groups is 1. The van der Waals surface area contributed by atoms with Crippen molar-refractivity contribution in [3.63, 3.8) is 0 Å². The fraction of sp³-hybridized carbons (Fsp3) is 0.500. The Morgan fingerprint density at radius 3 is 2.86 bits per heavy atom. The molecule has 0 aromatic heterocycles. The van der Waals surface area contributed by atoms with E-state index in [0.717, 1.165) is 12.0 Å². The van der Waals surface area contributed by atoms with Gasteiger partial charge in [0.25, 0.3) is 0 Å². The third-order valence-corrected chi connectivity index (χ3v) is 3.22. The first kappa shape index (κ1) is 15.0. The summed E-state index contributed by atoms with van der Waals surface area (Å²) in [5, 5.41) is 12.4. The maximum absolute atomic E-state index is 10.6. The fourth-order valence-corrected chi connectivity index (χ4v) is 2.19. The van der Waals surface area contributed by atoms with Gasteiger partial charge < -0.3 is 14.6 Å². The summed E-state index contributed by atoms with van der Waals surface area (Å²) in [5.74, 6) is 0.469. The van der Waals surface area contributed by atoms with E-state index in [1.54, 1.807) is 12.1 Å². The molecule has 0 aliphatic carbocycles. The van der Waals surface area contributed by atoms with E-state index in [4.69, 9.17) is 20.1 Å². The van der Waals surface area contributed by atoms with Gasteiger partial charge in [0.15, 0.2) is 11.5 Å². The molecule has 2 rings (SSSR count). The molecule has 1 aromatic rings. The van der Waals surface area contributed by atoms with Crippen LogP contribution in [0.4, 0.5) is 0 Å². The summed E-state index contributed by atoms with van der Waals surface area (Å²) in [6.07, 6.45) is 1.81. The van der Waals surface area contributed by atoms with E-state index in [9.17, 15) is 4.79 Å². The highest BCUT2D eigenvalue weighted by Gasteiger charge is 2.16. The molecule has 1 heterocycles. The highest BCUT2D eigenvalue weighted by atomic mass is 16.5. The molecule has 0 saturated heterocycles. The van der Waals surface area contributed by atoms with Crippen molar-refractivity contribution in [1.82, 2.24) is 0 Å². The Kier molecular flexibility index (Phi) is 5.29. The Hall–Kier alpha value is -2.40. The van der Waals surface area contributed by atoms with E-state index in [-0.39, 0.29) is 6.42 Å². The standard InChI is InChI=1S/C14H17N3O4/c15-17-16-11(3-1-4-14(18)19)10-5-6-12-13(9-10)21-8-2-7-20-12/h5-6,9,11H,1-4,7-8H2,(H,18,19). The normalized spacial score (nSPS) is 14.7. The number of carbonyl (C=O) groups is 1. The first-order valence-corrected chi connectivity index (χ1v) is 6.86.